The SMILES string of the molecule is CN(C)C(=O)c1nc(C(=O)NCC(=O)O)c(O)c2ccccc12. The number of fused-ring (bicyclic) bond motifs is 1. The van der Waals surface area contributed by atoms with Crippen molar-refractivity contribution in [3.63, 3.8) is 0 Å². The second kappa shape index (κ2) is 6.30. The molecule has 0 atom stereocenters. The predicted molar refractivity (Wildman–Crippen MR) is 81.4 cm³/mol. The fourth-order valence-corrected chi connectivity index (χ4v) is 2.02. The first-order chi connectivity index (χ1) is 10.8. The zero-order chi connectivity index (χ0) is 17.1. The Bertz CT molecular complexity index is 801. The fourth-order valence-electron chi connectivity index (χ4n) is 2.02. The third-order valence-electron chi connectivity index (χ3n) is 3.11. The minimum Gasteiger partial charge on any atom is -0.505 e. The molecule has 8 nitrogen and oxygen atoms in total. The zero-order valence-corrected chi connectivity index (χ0v) is 12.5. The van der Waals surface area contributed by atoms with Crippen molar-refractivity contribution in [2.45, 2.75) is 0 Å². The number of carboxylic acid groups (broad SMARTS) is 1. The molecule has 2 rings (SSSR count). The summed E-state index contributed by atoms with van der Waals surface area (Å²) < 4.78 is 0. The van der Waals surface area contributed by atoms with Crippen LogP contribution in [-0.4, -0.2) is 58.5 Å². The first kappa shape index (κ1) is 16.2. The van der Waals surface area contributed by atoms with Crippen LogP contribution in [0.15, 0.2) is 24.3 Å². The number of aromatic nitrogens is 1. The van der Waals surface area contributed by atoms with E-state index in [4.69, 9.17) is 5.11 Å². The first-order valence-corrected chi connectivity index (χ1v) is 6.66. The Balaban J connectivity index is 2.62. The van der Waals surface area contributed by atoms with Gasteiger partial charge in [-0.3, -0.25) is 14.4 Å². The van der Waals surface area contributed by atoms with Crippen molar-refractivity contribution in [2.24, 2.45) is 0 Å². The van der Waals surface area contributed by atoms with Gasteiger partial charge in [0.15, 0.2) is 11.4 Å². The number of carbonyl (C=O) groups excluding carboxylic acids is 2. The summed E-state index contributed by atoms with van der Waals surface area (Å²) in [5, 5.41) is 21.6. The Kier molecular flexibility index (Phi) is 4.44. The van der Waals surface area contributed by atoms with Gasteiger partial charge < -0.3 is 20.4 Å². The molecular weight excluding hydrogens is 302 g/mol. The second-order valence-corrected chi connectivity index (χ2v) is 4.98. The number of nitrogens with zero attached hydrogens (tertiary/aromatic N) is 2. The zero-order valence-electron chi connectivity index (χ0n) is 12.5. The van der Waals surface area contributed by atoms with Gasteiger partial charge in [-0.1, -0.05) is 24.3 Å². The number of aromatic hydroxyl groups is 1. The summed E-state index contributed by atoms with van der Waals surface area (Å²) in [7, 11) is 3.08. The highest BCUT2D eigenvalue weighted by Gasteiger charge is 2.23. The van der Waals surface area contributed by atoms with Gasteiger partial charge in [-0.2, -0.15) is 0 Å². The molecule has 1 aromatic heterocycles. The van der Waals surface area contributed by atoms with E-state index in [1.54, 1.807) is 24.3 Å². The van der Waals surface area contributed by atoms with Crippen LogP contribution in [0.5, 0.6) is 5.75 Å². The number of aliphatic carboxylic acids is 1. The lowest BCUT2D eigenvalue weighted by atomic mass is 10.1. The molecule has 1 aromatic carbocycles. The molecule has 0 saturated heterocycles. The number of benzene rings is 1. The highest BCUT2D eigenvalue weighted by Crippen LogP contribution is 2.29. The Labute approximate surface area is 131 Å². The van der Waals surface area contributed by atoms with Gasteiger partial charge in [0, 0.05) is 24.9 Å². The molecule has 2 amide bonds. The molecule has 0 aliphatic heterocycles. The molecule has 23 heavy (non-hydrogen) atoms. The van der Waals surface area contributed by atoms with Crippen LogP contribution < -0.4 is 5.32 Å². The molecule has 0 radical (unpaired) electrons. The molecule has 0 aliphatic carbocycles. The summed E-state index contributed by atoms with van der Waals surface area (Å²) in [6.07, 6.45) is 0. The van der Waals surface area contributed by atoms with Gasteiger partial charge in [-0.15, -0.1) is 0 Å². The van der Waals surface area contributed by atoms with Crippen LogP contribution in [0.1, 0.15) is 21.0 Å². The van der Waals surface area contributed by atoms with Crippen molar-refractivity contribution in [1.29, 1.82) is 0 Å². The van der Waals surface area contributed by atoms with Crippen molar-refractivity contribution < 1.29 is 24.6 Å². The van der Waals surface area contributed by atoms with Crippen molar-refractivity contribution >= 4 is 28.6 Å². The van der Waals surface area contributed by atoms with Gasteiger partial charge in [-0.05, 0) is 0 Å². The molecule has 1 heterocycles. The average molecular weight is 317 g/mol. The lowest BCUT2D eigenvalue weighted by Crippen LogP contribution is -2.31. The van der Waals surface area contributed by atoms with Crippen molar-refractivity contribution in [3.8, 4) is 5.75 Å². The average Bonchev–Trinajstić information content (AvgIpc) is 2.52. The van der Waals surface area contributed by atoms with Gasteiger partial charge in [0.1, 0.15) is 12.2 Å². The number of amides is 2. The van der Waals surface area contributed by atoms with Crippen LogP contribution in [0, 0.1) is 0 Å². The molecule has 0 unspecified atom stereocenters. The van der Waals surface area contributed by atoms with Gasteiger partial charge >= 0.3 is 5.97 Å². The summed E-state index contributed by atoms with van der Waals surface area (Å²) in [5.41, 5.74) is -0.390. The van der Waals surface area contributed by atoms with Crippen LogP contribution in [0.2, 0.25) is 0 Å². The number of hydrogen-bond donors (Lipinski definition) is 3. The highest BCUT2D eigenvalue weighted by molar-refractivity contribution is 6.10. The van der Waals surface area contributed by atoms with Crippen LogP contribution in [0.25, 0.3) is 10.8 Å². The van der Waals surface area contributed by atoms with E-state index in [-0.39, 0.29) is 11.1 Å². The van der Waals surface area contributed by atoms with E-state index in [1.165, 1.54) is 19.0 Å². The Morgan fingerprint density at radius 3 is 2.30 bits per heavy atom. The van der Waals surface area contributed by atoms with E-state index in [9.17, 15) is 19.5 Å². The summed E-state index contributed by atoms with van der Waals surface area (Å²) in [4.78, 5) is 40.1. The molecule has 0 spiro atoms. The quantitative estimate of drug-likeness (QED) is 0.753. The molecule has 0 fully saturated rings. The van der Waals surface area contributed by atoms with Crippen molar-refractivity contribution in [3.05, 3.63) is 35.7 Å². The third-order valence-corrected chi connectivity index (χ3v) is 3.11. The van der Waals surface area contributed by atoms with E-state index in [1.807, 2.05) is 0 Å². The van der Waals surface area contributed by atoms with E-state index in [0.717, 1.165) is 0 Å². The van der Waals surface area contributed by atoms with Crippen LogP contribution in [-0.2, 0) is 4.79 Å². The van der Waals surface area contributed by atoms with E-state index < -0.39 is 35.8 Å². The molecule has 3 N–H and O–H groups in total. The molecule has 0 saturated carbocycles. The monoisotopic (exact) mass is 317 g/mol. The van der Waals surface area contributed by atoms with Crippen LogP contribution in [0.3, 0.4) is 0 Å². The summed E-state index contributed by atoms with van der Waals surface area (Å²) in [6.45, 7) is -0.621. The van der Waals surface area contributed by atoms with Gasteiger partial charge in [0.2, 0.25) is 0 Å². The standard InChI is InChI=1S/C15H15N3O5/c1-18(2)15(23)11-8-5-3-4-6-9(8)13(21)12(17-11)14(22)16-7-10(19)20/h3-6,21H,7H2,1-2H3,(H,16,22)(H,19,20). The van der Waals surface area contributed by atoms with E-state index >= 15 is 0 Å². The first-order valence-electron chi connectivity index (χ1n) is 6.66. The summed E-state index contributed by atoms with van der Waals surface area (Å²) >= 11 is 0. The van der Waals surface area contributed by atoms with Crippen LogP contribution in [0.4, 0.5) is 0 Å². The topological polar surface area (TPSA) is 120 Å². The molecule has 0 bridgehead atoms. The number of carbonyl (C=O) groups is 3. The second-order valence-electron chi connectivity index (χ2n) is 4.98. The molecule has 120 valence electrons. The minimum atomic E-state index is -1.23. The Morgan fingerprint density at radius 2 is 1.74 bits per heavy atom. The smallest absolute Gasteiger partial charge is 0.322 e. The predicted octanol–water partition coefficient (Wildman–Crippen LogP) is 0.457. The maximum Gasteiger partial charge on any atom is 0.322 e. The number of rotatable bonds is 4. The third kappa shape index (κ3) is 3.20. The molecule has 2 aromatic rings. The largest absolute Gasteiger partial charge is 0.505 e. The van der Waals surface area contributed by atoms with Gasteiger partial charge in [0.25, 0.3) is 11.8 Å². The van der Waals surface area contributed by atoms with Crippen molar-refractivity contribution in [2.75, 3.05) is 20.6 Å². The number of hydrogen-bond acceptors (Lipinski definition) is 5. The summed E-state index contributed by atoms with van der Waals surface area (Å²) in [6, 6.07) is 6.48. The highest BCUT2D eigenvalue weighted by atomic mass is 16.4. The number of nitrogens with one attached hydrogen (secondary N) is 1. The van der Waals surface area contributed by atoms with E-state index in [2.05, 4.69) is 10.3 Å². The van der Waals surface area contributed by atoms with Crippen molar-refractivity contribution in [1.82, 2.24) is 15.2 Å². The lowest BCUT2D eigenvalue weighted by molar-refractivity contribution is -0.135. The number of carboxylic acids is 1. The minimum absolute atomic E-state index is 0.00359. The van der Waals surface area contributed by atoms with Gasteiger partial charge in [0.05, 0.1) is 0 Å². The molecule has 0 aliphatic rings. The Morgan fingerprint density at radius 1 is 1.13 bits per heavy atom. The van der Waals surface area contributed by atoms with E-state index in [0.29, 0.717) is 5.39 Å². The molecular formula is C15H15N3O5. The maximum absolute atomic E-state index is 12.3. The normalized spacial score (nSPS) is 10.3. The Hall–Kier alpha value is -3.16. The van der Waals surface area contributed by atoms with Crippen LogP contribution >= 0.6 is 0 Å². The molecule has 8 heteroatoms. The lowest BCUT2D eigenvalue weighted by Gasteiger charge is -2.14. The summed E-state index contributed by atoms with van der Waals surface area (Å²) in [5.74, 6) is -2.95. The maximum atomic E-state index is 12.3. The number of pyridine rings is 1. The van der Waals surface area contributed by atoms with Gasteiger partial charge in [-0.25, -0.2) is 4.98 Å². The fraction of sp³-hybridized carbons (Fsp3) is 0.200.